The molecule has 158 valence electrons. The SMILES string of the molecule is Cc1ccc(N2C(=O)NC(=O)[C@@H](C=Nc3ccc(N=Nc4ccccc4)cc3)C2=O)cc1. The lowest BCUT2D eigenvalue weighted by molar-refractivity contribution is -0.131. The molecule has 1 atom stereocenters. The minimum absolute atomic E-state index is 0.386. The monoisotopic (exact) mass is 425 g/mol. The van der Waals surface area contributed by atoms with Gasteiger partial charge in [0.1, 0.15) is 0 Å². The minimum Gasteiger partial charge on any atom is -0.276 e. The van der Waals surface area contributed by atoms with Gasteiger partial charge in [-0.3, -0.25) is 19.9 Å². The van der Waals surface area contributed by atoms with Gasteiger partial charge in [-0.2, -0.15) is 10.2 Å². The smallest absolute Gasteiger partial charge is 0.276 e. The number of carbonyl (C=O) groups is 3. The molecule has 4 rings (SSSR count). The molecule has 0 aliphatic carbocycles. The van der Waals surface area contributed by atoms with E-state index in [4.69, 9.17) is 0 Å². The van der Waals surface area contributed by atoms with Crippen LogP contribution in [0.4, 0.5) is 27.5 Å². The second-order valence-corrected chi connectivity index (χ2v) is 7.11. The zero-order valence-corrected chi connectivity index (χ0v) is 17.2. The van der Waals surface area contributed by atoms with Crippen LogP contribution in [0.25, 0.3) is 0 Å². The summed E-state index contributed by atoms with van der Waals surface area (Å²) in [6, 6.07) is 22.3. The minimum atomic E-state index is -1.22. The number of rotatable bonds is 5. The molecular weight excluding hydrogens is 406 g/mol. The van der Waals surface area contributed by atoms with Crippen molar-refractivity contribution in [3.63, 3.8) is 0 Å². The van der Waals surface area contributed by atoms with Crippen molar-refractivity contribution in [2.75, 3.05) is 4.90 Å². The van der Waals surface area contributed by atoms with Crippen molar-refractivity contribution >= 4 is 46.8 Å². The number of urea groups is 1. The van der Waals surface area contributed by atoms with Gasteiger partial charge in [0, 0.05) is 6.21 Å². The number of barbiturate groups is 1. The van der Waals surface area contributed by atoms with E-state index in [2.05, 4.69) is 20.5 Å². The maximum atomic E-state index is 12.9. The van der Waals surface area contributed by atoms with E-state index in [0.717, 1.165) is 16.2 Å². The van der Waals surface area contributed by atoms with E-state index in [1.807, 2.05) is 37.3 Å². The standard InChI is InChI=1S/C24H19N5O3/c1-16-7-13-20(14-8-16)29-23(31)21(22(30)26-24(29)32)15-25-17-9-11-19(12-10-17)28-27-18-5-3-2-4-6-18/h2-15,21H,1H3,(H,26,30,32)/t21-/m1/s1. The molecule has 3 aromatic carbocycles. The van der Waals surface area contributed by atoms with E-state index in [1.54, 1.807) is 48.5 Å². The van der Waals surface area contributed by atoms with Gasteiger partial charge in [0.2, 0.25) is 5.91 Å². The Hall–Kier alpha value is -4.46. The number of nitrogens with one attached hydrogen (secondary N) is 1. The Labute approximate surface area is 184 Å². The Kier molecular flexibility index (Phi) is 5.94. The van der Waals surface area contributed by atoms with Gasteiger partial charge in [-0.1, -0.05) is 35.9 Å². The number of amides is 4. The Bertz CT molecular complexity index is 1200. The van der Waals surface area contributed by atoms with E-state index >= 15 is 0 Å². The normalized spacial score (nSPS) is 16.7. The van der Waals surface area contributed by atoms with Gasteiger partial charge < -0.3 is 0 Å². The first-order valence-electron chi connectivity index (χ1n) is 9.88. The Balaban J connectivity index is 1.48. The summed E-state index contributed by atoms with van der Waals surface area (Å²) in [4.78, 5) is 42.5. The van der Waals surface area contributed by atoms with Gasteiger partial charge >= 0.3 is 6.03 Å². The first kappa shape index (κ1) is 20.8. The summed E-state index contributed by atoms with van der Waals surface area (Å²) < 4.78 is 0. The van der Waals surface area contributed by atoms with Crippen LogP contribution in [-0.2, 0) is 9.59 Å². The summed E-state index contributed by atoms with van der Waals surface area (Å²) in [5, 5.41) is 10.5. The summed E-state index contributed by atoms with van der Waals surface area (Å²) in [5.74, 6) is -2.58. The molecule has 0 spiro atoms. The lowest BCUT2D eigenvalue weighted by Gasteiger charge is -2.28. The molecular formula is C24H19N5O3. The molecule has 0 radical (unpaired) electrons. The molecule has 32 heavy (non-hydrogen) atoms. The number of aryl methyl sites for hydroxylation is 1. The van der Waals surface area contributed by atoms with Gasteiger partial charge in [0.25, 0.3) is 5.91 Å². The van der Waals surface area contributed by atoms with Gasteiger partial charge in [0.05, 0.1) is 22.7 Å². The molecule has 4 amide bonds. The first-order valence-corrected chi connectivity index (χ1v) is 9.88. The molecule has 1 aliphatic heterocycles. The molecule has 1 saturated heterocycles. The number of hydrogen-bond acceptors (Lipinski definition) is 6. The van der Waals surface area contributed by atoms with E-state index in [0.29, 0.717) is 17.1 Å². The van der Waals surface area contributed by atoms with Crippen LogP contribution in [0.3, 0.4) is 0 Å². The maximum Gasteiger partial charge on any atom is 0.335 e. The van der Waals surface area contributed by atoms with Gasteiger partial charge in [-0.05, 0) is 55.5 Å². The number of carbonyl (C=O) groups excluding carboxylic acids is 3. The van der Waals surface area contributed by atoms with E-state index < -0.39 is 23.8 Å². The number of aliphatic imine (C=N–C) groups is 1. The van der Waals surface area contributed by atoms with Crippen molar-refractivity contribution in [2.45, 2.75) is 6.92 Å². The number of benzene rings is 3. The van der Waals surface area contributed by atoms with Crippen LogP contribution in [0.1, 0.15) is 5.56 Å². The van der Waals surface area contributed by atoms with Crippen LogP contribution in [0.5, 0.6) is 0 Å². The van der Waals surface area contributed by atoms with Crippen LogP contribution in [0.2, 0.25) is 0 Å². The highest BCUT2D eigenvalue weighted by Crippen LogP contribution is 2.23. The Morgan fingerprint density at radius 3 is 2.03 bits per heavy atom. The van der Waals surface area contributed by atoms with Crippen LogP contribution < -0.4 is 10.2 Å². The topological polar surface area (TPSA) is 104 Å². The van der Waals surface area contributed by atoms with Crippen molar-refractivity contribution in [3.8, 4) is 0 Å². The van der Waals surface area contributed by atoms with Crippen molar-refractivity contribution in [2.24, 2.45) is 21.1 Å². The second kappa shape index (κ2) is 9.13. The zero-order chi connectivity index (χ0) is 22.5. The predicted molar refractivity (Wildman–Crippen MR) is 121 cm³/mol. The summed E-state index contributed by atoms with van der Waals surface area (Å²) in [7, 11) is 0. The van der Waals surface area contributed by atoms with Crippen molar-refractivity contribution < 1.29 is 14.4 Å². The van der Waals surface area contributed by atoms with E-state index in [-0.39, 0.29) is 0 Å². The van der Waals surface area contributed by atoms with E-state index in [9.17, 15) is 14.4 Å². The Morgan fingerprint density at radius 2 is 1.38 bits per heavy atom. The molecule has 1 fully saturated rings. The molecule has 0 saturated carbocycles. The number of hydrogen-bond donors (Lipinski definition) is 1. The van der Waals surface area contributed by atoms with Crippen molar-refractivity contribution in [1.82, 2.24) is 5.32 Å². The summed E-state index contributed by atoms with van der Waals surface area (Å²) in [6.07, 6.45) is 1.24. The molecule has 0 aromatic heterocycles. The highest BCUT2D eigenvalue weighted by molar-refractivity contribution is 6.32. The molecule has 1 N–H and O–H groups in total. The fourth-order valence-corrected chi connectivity index (χ4v) is 3.04. The molecule has 8 heteroatoms. The molecule has 3 aromatic rings. The summed E-state index contributed by atoms with van der Waals surface area (Å²) >= 11 is 0. The van der Waals surface area contributed by atoms with Crippen LogP contribution in [-0.4, -0.2) is 24.1 Å². The Morgan fingerprint density at radius 1 is 0.781 bits per heavy atom. The van der Waals surface area contributed by atoms with Crippen LogP contribution >= 0.6 is 0 Å². The highest BCUT2D eigenvalue weighted by Gasteiger charge is 2.40. The number of imide groups is 2. The quantitative estimate of drug-likeness (QED) is 0.353. The maximum absolute atomic E-state index is 12.9. The third-order valence-corrected chi connectivity index (χ3v) is 4.75. The lowest BCUT2D eigenvalue weighted by Crippen LogP contribution is -2.58. The van der Waals surface area contributed by atoms with Crippen LogP contribution in [0.15, 0.2) is 94.1 Å². The van der Waals surface area contributed by atoms with Gasteiger partial charge in [0.15, 0.2) is 5.92 Å². The van der Waals surface area contributed by atoms with E-state index in [1.165, 1.54) is 6.21 Å². The fourth-order valence-electron chi connectivity index (χ4n) is 3.04. The molecule has 1 aliphatic rings. The van der Waals surface area contributed by atoms with Crippen molar-refractivity contribution in [1.29, 1.82) is 0 Å². The average Bonchev–Trinajstić information content (AvgIpc) is 2.80. The lowest BCUT2D eigenvalue weighted by atomic mass is 10.1. The predicted octanol–water partition coefficient (Wildman–Crippen LogP) is 5.01. The fraction of sp³-hybridized carbons (Fsp3) is 0.0833. The largest absolute Gasteiger partial charge is 0.335 e. The zero-order valence-electron chi connectivity index (χ0n) is 17.2. The van der Waals surface area contributed by atoms with Crippen LogP contribution in [0, 0.1) is 12.8 Å². The summed E-state index contributed by atoms with van der Waals surface area (Å²) in [5.41, 5.74) is 3.28. The van der Waals surface area contributed by atoms with Gasteiger partial charge in [-0.15, -0.1) is 0 Å². The number of azo groups is 1. The second-order valence-electron chi connectivity index (χ2n) is 7.11. The highest BCUT2D eigenvalue weighted by atomic mass is 16.2. The van der Waals surface area contributed by atoms with Crippen molar-refractivity contribution in [3.05, 3.63) is 84.4 Å². The van der Waals surface area contributed by atoms with Gasteiger partial charge in [-0.25, -0.2) is 9.69 Å². The number of nitrogens with zero attached hydrogens (tertiary/aromatic N) is 4. The average molecular weight is 425 g/mol. The molecule has 0 unspecified atom stereocenters. The first-order chi connectivity index (χ1) is 15.5. The summed E-state index contributed by atoms with van der Waals surface area (Å²) in [6.45, 7) is 1.90. The third kappa shape index (κ3) is 4.65. The third-order valence-electron chi connectivity index (χ3n) is 4.75. The molecule has 1 heterocycles. The molecule has 0 bridgehead atoms. The molecule has 8 nitrogen and oxygen atoms in total. The number of anilines is 1.